The average Bonchev–Trinajstić information content (AvgIpc) is 3.97. The van der Waals surface area contributed by atoms with Crippen LogP contribution in [0.3, 0.4) is 0 Å². The third-order valence-corrected chi connectivity index (χ3v) is 16.9. The lowest BCUT2D eigenvalue weighted by Gasteiger charge is -2.41. The van der Waals surface area contributed by atoms with Gasteiger partial charge in [-0.3, -0.25) is 34.6 Å². The molecule has 0 radical (unpaired) electrons. The van der Waals surface area contributed by atoms with Crippen LogP contribution in [0.4, 0.5) is 16.6 Å². The number of fused-ring (bicyclic) bond motifs is 3. The number of pyridine rings is 1. The fourth-order valence-electron chi connectivity index (χ4n) is 11.8. The third kappa shape index (κ3) is 10.1. The van der Waals surface area contributed by atoms with E-state index in [0.29, 0.717) is 66.4 Å². The second-order valence-corrected chi connectivity index (χ2v) is 21.7. The van der Waals surface area contributed by atoms with Crippen LogP contribution in [0.25, 0.3) is 32.2 Å². The number of imide groups is 1. The first-order chi connectivity index (χ1) is 35.9. The number of carbonyl (C=O) groups is 4. The Morgan fingerprint density at radius 2 is 1.70 bits per heavy atom. The second-order valence-electron chi connectivity index (χ2n) is 20.7. The number of carboxylic acids is 1. The number of hydrogen-bond donors (Lipinski definition) is 3. The Balaban J connectivity index is 0.655. The number of carboxylic acid groups (broad SMARTS) is 1. The number of aromatic nitrogens is 4. The number of benzene rings is 4. The molecule has 3 aliphatic heterocycles. The van der Waals surface area contributed by atoms with Crippen molar-refractivity contribution in [1.29, 1.82) is 0 Å². The molecule has 0 bridgehead atoms. The van der Waals surface area contributed by atoms with E-state index in [2.05, 4.69) is 61.5 Å². The summed E-state index contributed by atoms with van der Waals surface area (Å²) in [6.45, 7) is 9.40. The molecule has 3 N–H and O–H groups in total. The van der Waals surface area contributed by atoms with Crippen LogP contribution >= 0.6 is 11.3 Å². The van der Waals surface area contributed by atoms with Gasteiger partial charge in [-0.2, -0.15) is 5.10 Å². The number of nitrogens with one attached hydrogen (secondary N) is 2. The van der Waals surface area contributed by atoms with Gasteiger partial charge in [0.1, 0.15) is 11.6 Å². The van der Waals surface area contributed by atoms with E-state index in [1.165, 1.54) is 36.3 Å². The Morgan fingerprint density at radius 3 is 2.51 bits per heavy atom. The zero-order chi connectivity index (χ0) is 51.0. The number of anilines is 3. The van der Waals surface area contributed by atoms with E-state index in [4.69, 9.17) is 14.8 Å². The van der Waals surface area contributed by atoms with Crippen molar-refractivity contribution in [3.8, 4) is 16.9 Å². The average molecular weight is 1010 g/mol. The van der Waals surface area contributed by atoms with Crippen LogP contribution < -0.4 is 25.2 Å². The molecule has 3 amide bonds. The lowest BCUT2D eigenvalue weighted by molar-refractivity contribution is -0.134. The molecule has 7 aromatic rings. The molecule has 1 saturated carbocycles. The number of piperidine rings is 1. The minimum Gasteiger partial charge on any atom is -0.490 e. The fraction of sp³-hybridized carbons (Fsp3) is 0.397. The lowest BCUT2D eigenvalue weighted by atomic mass is 9.84. The molecule has 1 aliphatic carbocycles. The van der Waals surface area contributed by atoms with Gasteiger partial charge in [-0.25, -0.2) is 14.8 Å². The van der Waals surface area contributed by atoms with E-state index in [9.17, 15) is 24.3 Å². The van der Waals surface area contributed by atoms with Gasteiger partial charge in [-0.15, -0.1) is 0 Å². The largest absolute Gasteiger partial charge is 0.490 e. The van der Waals surface area contributed by atoms with E-state index in [1.807, 2.05) is 85.4 Å². The number of unbranched alkanes of at least 4 members (excludes halogenated alkanes) is 1. The summed E-state index contributed by atoms with van der Waals surface area (Å²) in [5.74, 6) is -0.188. The Kier molecular flexibility index (Phi) is 13.9. The van der Waals surface area contributed by atoms with Crippen LogP contribution in [0.2, 0.25) is 0 Å². The van der Waals surface area contributed by atoms with Crippen LogP contribution in [-0.4, -0.2) is 98.3 Å². The summed E-state index contributed by atoms with van der Waals surface area (Å²) >= 11 is 1.44. The first-order valence-electron chi connectivity index (χ1n) is 26.3. The second kappa shape index (κ2) is 21.0. The van der Waals surface area contributed by atoms with E-state index in [0.717, 1.165) is 107 Å². The van der Waals surface area contributed by atoms with E-state index in [1.54, 1.807) is 0 Å². The number of amides is 3. The standard InChI is InChI=1S/C58H63N9O6S/c1-35-33-66(39-19-22-44-48(32-39)64(3)63-53(44)45-24-26-52(68)61-56(45)70)31-30-65(35)28-7-6-10-37-17-20-40(21-18-37)73-49-15-9-12-41(36(49)2)42-23-25-51(60-54(42)57(71)72)67-29-27-38-11-8-13-43(46(38)34-67)55(69)62-58-59-47-14-4-5-16-50(47)74-58/h4-5,8-9,11-16,19,22-23,25,32,35,37,40,45H,6-7,10,17-18,20-21,24,26-31,33-34H2,1-3H3,(H,71,72)(H,59,62,69)(H,61,68,70)/t35-,37?,40?,45?/m0/s1. The highest BCUT2D eigenvalue weighted by molar-refractivity contribution is 7.22. The maximum absolute atomic E-state index is 13.7. The molecule has 0 spiro atoms. The smallest absolute Gasteiger partial charge is 0.355 e. The summed E-state index contributed by atoms with van der Waals surface area (Å²) < 4.78 is 9.56. The van der Waals surface area contributed by atoms with Crippen molar-refractivity contribution in [2.75, 3.05) is 47.8 Å². The molecule has 74 heavy (non-hydrogen) atoms. The quantitative estimate of drug-likeness (QED) is 0.0696. The van der Waals surface area contributed by atoms with Crippen molar-refractivity contribution >= 4 is 72.8 Å². The zero-order valence-electron chi connectivity index (χ0n) is 42.3. The number of ether oxygens (including phenoxy) is 1. The van der Waals surface area contributed by atoms with Crippen molar-refractivity contribution in [2.45, 2.75) is 103 Å². The summed E-state index contributed by atoms with van der Waals surface area (Å²) in [6.07, 6.45) is 9.52. The van der Waals surface area contributed by atoms with Crippen molar-refractivity contribution in [3.63, 3.8) is 0 Å². The summed E-state index contributed by atoms with van der Waals surface area (Å²) in [5, 5.41) is 22.3. The number of para-hydroxylation sites is 1. The van der Waals surface area contributed by atoms with E-state index in [-0.39, 0.29) is 29.5 Å². The number of nitrogens with zero attached hydrogens (tertiary/aromatic N) is 7. The first kappa shape index (κ1) is 49.1. The predicted molar refractivity (Wildman–Crippen MR) is 289 cm³/mol. The number of aromatic carboxylic acids is 1. The Bertz CT molecular complexity index is 3250. The van der Waals surface area contributed by atoms with Gasteiger partial charge in [0.05, 0.1) is 33.4 Å². The number of hydrogen-bond acceptors (Lipinski definition) is 12. The molecular weight excluding hydrogens is 951 g/mol. The molecule has 4 aromatic carbocycles. The van der Waals surface area contributed by atoms with Crippen molar-refractivity contribution in [3.05, 3.63) is 125 Å². The molecule has 3 aromatic heterocycles. The third-order valence-electron chi connectivity index (χ3n) is 16.0. The minimum absolute atomic E-state index is 0.0174. The molecule has 4 aliphatic rings. The molecule has 2 atom stereocenters. The number of piperazine rings is 1. The molecule has 2 saturated heterocycles. The topological polar surface area (TPSA) is 175 Å². The monoisotopic (exact) mass is 1010 g/mol. The summed E-state index contributed by atoms with van der Waals surface area (Å²) in [5.41, 5.74) is 8.52. The Labute approximate surface area is 434 Å². The van der Waals surface area contributed by atoms with Crippen molar-refractivity contribution in [2.24, 2.45) is 13.0 Å². The van der Waals surface area contributed by atoms with Crippen LogP contribution in [0.1, 0.15) is 114 Å². The van der Waals surface area contributed by atoms with Gasteiger partial charge in [0.2, 0.25) is 11.8 Å². The highest BCUT2D eigenvalue weighted by Crippen LogP contribution is 2.38. The van der Waals surface area contributed by atoms with E-state index >= 15 is 0 Å². The van der Waals surface area contributed by atoms with Crippen LogP contribution in [0.5, 0.6) is 5.75 Å². The molecule has 15 nitrogen and oxygen atoms in total. The summed E-state index contributed by atoms with van der Waals surface area (Å²) in [7, 11) is 1.92. The number of carbonyl (C=O) groups excluding carboxylic acids is 3. The SMILES string of the molecule is Cc1c(OC2CCC(CCCCN3CCN(c4ccc5c(C6CCC(=O)NC6=O)nn(C)c5c4)C[C@@H]3C)CC2)cccc1-c1ccc(N2CCc3cccc(C(=O)Nc4nc5ccccc5s4)c3C2)nc1C(=O)O. The Hall–Kier alpha value is -7.17. The van der Waals surface area contributed by atoms with Gasteiger partial charge >= 0.3 is 5.97 Å². The highest BCUT2D eigenvalue weighted by atomic mass is 32.1. The summed E-state index contributed by atoms with van der Waals surface area (Å²) in [4.78, 5) is 67.5. The molecule has 3 fully saturated rings. The number of aryl methyl sites for hydroxylation is 1. The predicted octanol–water partition coefficient (Wildman–Crippen LogP) is 9.91. The zero-order valence-corrected chi connectivity index (χ0v) is 43.1. The van der Waals surface area contributed by atoms with Gasteiger partial charge in [-0.1, -0.05) is 60.6 Å². The van der Waals surface area contributed by atoms with Gasteiger partial charge in [-0.05, 0) is 148 Å². The van der Waals surface area contributed by atoms with Gasteiger partial charge in [0, 0.05) is 74.4 Å². The van der Waals surface area contributed by atoms with Gasteiger partial charge in [0.25, 0.3) is 5.91 Å². The summed E-state index contributed by atoms with van der Waals surface area (Å²) in [6, 6.07) is 30.1. The molecule has 1 unspecified atom stereocenters. The molecule has 6 heterocycles. The molecular formula is C58H63N9O6S. The minimum atomic E-state index is -1.10. The van der Waals surface area contributed by atoms with Crippen LogP contribution in [0.15, 0.2) is 91.0 Å². The van der Waals surface area contributed by atoms with Gasteiger partial charge in [0.15, 0.2) is 10.8 Å². The molecule has 11 rings (SSSR count). The number of thiazole rings is 1. The normalized spacial score (nSPS) is 20.4. The van der Waals surface area contributed by atoms with Crippen molar-refractivity contribution in [1.82, 2.24) is 30.0 Å². The van der Waals surface area contributed by atoms with Crippen molar-refractivity contribution < 1.29 is 29.0 Å². The first-order valence-corrected chi connectivity index (χ1v) is 27.1. The molecule has 16 heteroatoms. The van der Waals surface area contributed by atoms with Crippen LogP contribution in [0, 0.1) is 12.8 Å². The number of rotatable bonds is 14. The Morgan fingerprint density at radius 1 is 0.865 bits per heavy atom. The lowest BCUT2D eigenvalue weighted by Crippen LogP contribution is -2.52. The fourth-order valence-corrected chi connectivity index (χ4v) is 12.7. The van der Waals surface area contributed by atoms with Gasteiger partial charge < -0.3 is 19.6 Å². The molecule has 382 valence electrons. The van der Waals surface area contributed by atoms with Crippen LogP contribution in [-0.2, 0) is 29.6 Å². The maximum Gasteiger partial charge on any atom is 0.355 e. The van der Waals surface area contributed by atoms with E-state index < -0.39 is 11.9 Å². The highest BCUT2D eigenvalue weighted by Gasteiger charge is 2.33. The maximum atomic E-state index is 13.7.